The van der Waals surface area contributed by atoms with Gasteiger partial charge in [0, 0.05) is 5.56 Å². The van der Waals surface area contributed by atoms with Crippen LogP contribution in [-0.4, -0.2) is 28.3 Å². The molecule has 0 atom stereocenters. The van der Waals surface area contributed by atoms with Crippen LogP contribution in [0.3, 0.4) is 0 Å². The van der Waals surface area contributed by atoms with Crippen molar-refractivity contribution < 1.29 is 19.1 Å². The number of benzene rings is 3. The van der Waals surface area contributed by atoms with E-state index in [1.807, 2.05) is 0 Å². The normalized spacial score (nSPS) is 10.8. The van der Waals surface area contributed by atoms with Crippen LogP contribution in [-0.2, 0) is 0 Å². The predicted molar refractivity (Wildman–Crippen MR) is 118 cm³/mol. The van der Waals surface area contributed by atoms with Crippen molar-refractivity contribution in [2.75, 3.05) is 0 Å². The van der Waals surface area contributed by atoms with Gasteiger partial charge in [0.1, 0.15) is 5.75 Å². The topological polar surface area (TPSA) is 75.7 Å². The Hall–Kier alpha value is -3.93. The highest BCUT2D eigenvalue weighted by Gasteiger charge is 2.31. The molecule has 0 unspecified atom stereocenters. The third kappa shape index (κ3) is 5.36. The Labute approximate surface area is 181 Å². The van der Waals surface area contributed by atoms with Gasteiger partial charge in [-0.25, -0.2) is 9.80 Å². The first-order valence-electron chi connectivity index (χ1n) is 9.84. The Balaban J connectivity index is 1.88. The van der Waals surface area contributed by atoms with E-state index in [0.717, 1.165) is 0 Å². The average molecular weight is 416 g/mol. The lowest BCUT2D eigenvalue weighted by atomic mass is 10.1. The molecule has 31 heavy (non-hydrogen) atoms. The van der Waals surface area contributed by atoms with Crippen molar-refractivity contribution in [1.82, 2.24) is 10.4 Å². The summed E-state index contributed by atoms with van der Waals surface area (Å²) >= 11 is 0. The van der Waals surface area contributed by atoms with E-state index in [9.17, 15) is 14.4 Å². The quantitative estimate of drug-likeness (QED) is 0.386. The number of nitrogens with one attached hydrogen (secondary N) is 1. The fourth-order valence-electron chi connectivity index (χ4n) is 2.86. The number of esters is 1. The fourth-order valence-corrected chi connectivity index (χ4v) is 2.86. The van der Waals surface area contributed by atoms with Crippen LogP contribution < -0.4 is 10.2 Å². The van der Waals surface area contributed by atoms with Gasteiger partial charge in [-0.05, 0) is 57.2 Å². The molecule has 0 spiro atoms. The summed E-state index contributed by atoms with van der Waals surface area (Å²) in [6.45, 7) is 5.40. The average Bonchev–Trinajstić information content (AvgIpc) is 2.77. The van der Waals surface area contributed by atoms with E-state index in [2.05, 4.69) is 5.43 Å². The molecule has 0 aliphatic rings. The van der Waals surface area contributed by atoms with Crippen molar-refractivity contribution in [3.8, 4) is 5.75 Å². The van der Waals surface area contributed by atoms with Gasteiger partial charge in [0.2, 0.25) is 0 Å². The van der Waals surface area contributed by atoms with Crippen molar-refractivity contribution >= 4 is 17.8 Å². The molecule has 0 aliphatic heterocycles. The second kappa shape index (κ2) is 9.26. The van der Waals surface area contributed by atoms with Gasteiger partial charge in [-0.2, -0.15) is 0 Å². The molecule has 0 heterocycles. The zero-order chi connectivity index (χ0) is 22.4. The summed E-state index contributed by atoms with van der Waals surface area (Å²) in [5, 5.41) is 1.25. The summed E-state index contributed by atoms with van der Waals surface area (Å²) in [5.74, 6) is -1.36. The van der Waals surface area contributed by atoms with Gasteiger partial charge in [-0.3, -0.25) is 15.0 Å². The fraction of sp³-hybridized carbons (Fsp3) is 0.160. The van der Waals surface area contributed by atoms with E-state index < -0.39 is 23.3 Å². The second-order valence-electron chi connectivity index (χ2n) is 7.87. The van der Waals surface area contributed by atoms with Crippen LogP contribution in [0.4, 0.5) is 0 Å². The SMILES string of the molecule is CC(C)(C)N(NC(=O)c1ccccc1)C(=O)c1ccccc1OC(=O)c1ccccc1. The summed E-state index contributed by atoms with van der Waals surface area (Å²) < 4.78 is 5.51. The van der Waals surface area contributed by atoms with Crippen molar-refractivity contribution in [3.63, 3.8) is 0 Å². The molecule has 6 heteroatoms. The summed E-state index contributed by atoms with van der Waals surface area (Å²) in [5.41, 5.74) is 2.91. The molecule has 158 valence electrons. The maximum absolute atomic E-state index is 13.4. The number of rotatable bonds is 4. The van der Waals surface area contributed by atoms with Crippen molar-refractivity contribution in [1.29, 1.82) is 0 Å². The highest BCUT2D eigenvalue weighted by atomic mass is 16.5. The lowest BCUT2D eigenvalue weighted by Gasteiger charge is -2.35. The predicted octanol–water partition coefficient (Wildman–Crippen LogP) is 4.49. The van der Waals surface area contributed by atoms with Gasteiger partial charge in [0.25, 0.3) is 11.8 Å². The van der Waals surface area contributed by atoms with Crippen molar-refractivity contribution in [2.24, 2.45) is 0 Å². The third-order valence-electron chi connectivity index (χ3n) is 4.45. The number of ether oxygens (including phenoxy) is 1. The van der Waals surface area contributed by atoms with Crippen LogP contribution in [0, 0.1) is 0 Å². The van der Waals surface area contributed by atoms with Crippen LogP contribution >= 0.6 is 0 Å². The minimum Gasteiger partial charge on any atom is -0.422 e. The first kappa shape index (κ1) is 21.8. The molecule has 0 aromatic heterocycles. The van der Waals surface area contributed by atoms with Gasteiger partial charge < -0.3 is 4.74 Å². The standard InChI is InChI=1S/C25H24N2O4/c1-25(2,3)27(26-22(28)18-12-6-4-7-13-18)23(29)20-16-10-11-17-21(20)31-24(30)19-14-8-5-9-15-19/h4-17H,1-3H3,(H,26,28). The summed E-state index contributed by atoms with van der Waals surface area (Å²) in [6, 6.07) is 23.6. The number of para-hydroxylation sites is 1. The Morgan fingerprint density at radius 3 is 1.84 bits per heavy atom. The number of carbonyl (C=O) groups excluding carboxylic acids is 3. The Bertz CT molecular complexity index is 1070. The largest absolute Gasteiger partial charge is 0.422 e. The molecular formula is C25H24N2O4. The molecule has 3 rings (SSSR count). The van der Waals surface area contributed by atoms with Crippen LogP contribution in [0.5, 0.6) is 5.75 Å². The highest BCUT2D eigenvalue weighted by molar-refractivity contribution is 6.02. The molecule has 3 aromatic carbocycles. The molecule has 3 aromatic rings. The summed E-state index contributed by atoms with van der Waals surface area (Å²) in [6.07, 6.45) is 0. The molecule has 0 fully saturated rings. The summed E-state index contributed by atoms with van der Waals surface area (Å²) in [7, 11) is 0. The monoisotopic (exact) mass is 416 g/mol. The maximum atomic E-state index is 13.4. The van der Waals surface area contributed by atoms with E-state index in [1.54, 1.807) is 106 Å². The first-order chi connectivity index (χ1) is 14.8. The molecule has 0 aliphatic carbocycles. The number of hydrogen-bond acceptors (Lipinski definition) is 4. The minimum absolute atomic E-state index is 0.115. The van der Waals surface area contributed by atoms with E-state index in [4.69, 9.17) is 4.74 Å². The molecule has 2 amide bonds. The van der Waals surface area contributed by atoms with Gasteiger partial charge >= 0.3 is 5.97 Å². The lowest BCUT2D eigenvalue weighted by molar-refractivity contribution is 0.0355. The third-order valence-corrected chi connectivity index (χ3v) is 4.45. The zero-order valence-corrected chi connectivity index (χ0v) is 17.7. The van der Waals surface area contributed by atoms with Gasteiger partial charge in [0.05, 0.1) is 16.7 Å². The number of hydrazine groups is 1. The van der Waals surface area contributed by atoms with Gasteiger partial charge in [-0.1, -0.05) is 48.5 Å². The van der Waals surface area contributed by atoms with Crippen LogP contribution in [0.2, 0.25) is 0 Å². The van der Waals surface area contributed by atoms with E-state index >= 15 is 0 Å². The molecule has 0 radical (unpaired) electrons. The number of amides is 2. The molecule has 0 bridgehead atoms. The van der Waals surface area contributed by atoms with Crippen molar-refractivity contribution in [2.45, 2.75) is 26.3 Å². The molecule has 0 saturated heterocycles. The number of carbonyl (C=O) groups is 3. The molecule has 0 saturated carbocycles. The number of nitrogens with zero attached hydrogens (tertiary/aromatic N) is 1. The minimum atomic E-state index is -0.738. The van der Waals surface area contributed by atoms with Crippen LogP contribution in [0.15, 0.2) is 84.9 Å². The van der Waals surface area contributed by atoms with Crippen molar-refractivity contribution in [3.05, 3.63) is 102 Å². The van der Waals surface area contributed by atoms with E-state index in [0.29, 0.717) is 11.1 Å². The number of hydrogen-bond donors (Lipinski definition) is 1. The zero-order valence-electron chi connectivity index (χ0n) is 17.7. The van der Waals surface area contributed by atoms with Gasteiger partial charge in [-0.15, -0.1) is 0 Å². The molecular weight excluding hydrogens is 392 g/mol. The first-order valence-corrected chi connectivity index (χ1v) is 9.84. The highest BCUT2D eigenvalue weighted by Crippen LogP contribution is 2.24. The smallest absolute Gasteiger partial charge is 0.343 e. The molecule has 6 nitrogen and oxygen atoms in total. The Morgan fingerprint density at radius 1 is 0.742 bits per heavy atom. The van der Waals surface area contributed by atoms with Gasteiger partial charge in [0.15, 0.2) is 0 Å². The maximum Gasteiger partial charge on any atom is 0.343 e. The second-order valence-corrected chi connectivity index (χ2v) is 7.87. The van der Waals surface area contributed by atoms with Crippen LogP contribution in [0.1, 0.15) is 51.8 Å². The Morgan fingerprint density at radius 2 is 1.26 bits per heavy atom. The van der Waals surface area contributed by atoms with E-state index in [-0.39, 0.29) is 11.3 Å². The summed E-state index contributed by atoms with van der Waals surface area (Å²) in [4.78, 5) is 38.6. The van der Waals surface area contributed by atoms with Crippen LogP contribution in [0.25, 0.3) is 0 Å². The molecule has 1 N–H and O–H groups in total. The lowest BCUT2D eigenvalue weighted by Crippen LogP contribution is -2.56. The Kier molecular flexibility index (Phi) is 6.50. The van der Waals surface area contributed by atoms with E-state index in [1.165, 1.54) is 5.01 Å².